The molecule has 0 unspecified atom stereocenters. The SMILES string of the molecule is CCN(CCN(C)C)Cc1cc(NC(=O)C(C)(C)CC)ncc1C. The maximum atomic E-state index is 12.4. The lowest BCUT2D eigenvalue weighted by atomic mass is 9.89. The molecule has 1 rings (SSSR count). The molecule has 0 atom stereocenters. The van der Waals surface area contributed by atoms with Gasteiger partial charge in [0.2, 0.25) is 5.91 Å². The first-order valence-electron chi connectivity index (χ1n) is 8.83. The lowest BCUT2D eigenvalue weighted by Gasteiger charge is -2.24. The van der Waals surface area contributed by atoms with Crippen molar-refractivity contribution in [2.24, 2.45) is 5.41 Å². The van der Waals surface area contributed by atoms with Crippen LogP contribution in [0.3, 0.4) is 0 Å². The second-order valence-electron chi connectivity index (χ2n) is 7.36. The number of nitrogens with one attached hydrogen (secondary N) is 1. The summed E-state index contributed by atoms with van der Waals surface area (Å²) in [5, 5.41) is 2.97. The van der Waals surface area contributed by atoms with Gasteiger partial charge in [-0.1, -0.05) is 27.7 Å². The summed E-state index contributed by atoms with van der Waals surface area (Å²) < 4.78 is 0. The van der Waals surface area contributed by atoms with Crippen molar-refractivity contribution in [1.29, 1.82) is 0 Å². The fourth-order valence-corrected chi connectivity index (χ4v) is 2.18. The largest absolute Gasteiger partial charge is 0.310 e. The summed E-state index contributed by atoms with van der Waals surface area (Å²) in [6, 6.07) is 2.01. The maximum absolute atomic E-state index is 12.4. The molecule has 24 heavy (non-hydrogen) atoms. The van der Waals surface area contributed by atoms with Crippen LogP contribution in [0.15, 0.2) is 12.3 Å². The standard InChI is InChI=1S/C19H34N4O/c1-8-19(4,5)18(24)21-17-12-16(15(3)13-20-17)14-23(9-2)11-10-22(6)7/h12-13H,8-11,14H2,1-7H3,(H,20,21,24). The Balaban J connectivity index is 2.83. The normalized spacial score (nSPS) is 12.0. The molecule has 0 bridgehead atoms. The molecule has 1 amide bonds. The molecule has 5 heteroatoms. The highest BCUT2D eigenvalue weighted by Crippen LogP contribution is 2.22. The first kappa shape index (κ1) is 20.6. The number of aryl methyl sites for hydroxylation is 1. The highest BCUT2D eigenvalue weighted by atomic mass is 16.2. The molecule has 0 spiro atoms. The predicted octanol–water partition coefficient (Wildman–Crippen LogP) is 3.15. The van der Waals surface area contributed by atoms with Crippen molar-refractivity contribution in [2.45, 2.75) is 47.6 Å². The molecule has 136 valence electrons. The van der Waals surface area contributed by atoms with Gasteiger partial charge in [0, 0.05) is 31.2 Å². The lowest BCUT2D eigenvalue weighted by molar-refractivity contribution is -0.124. The minimum atomic E-state index is -0.381. The van der Waals surface area contributed by atoms with E-state index in [1.807, 2.05) is 33.0 Å². The zero-order valence-corrected chi connectivity index (χ0v) is 16.4. The van der Waals surface area contributed by atoms with Gasteiger partial charge in [0.05, 0.1) is 0 Å². The molecule has 5 nitrogen and oxygen atoms in total. The summed E-state index contributed by atoms with van der Waals surface area (Å²) in [6.07, 6.45) is 2.65. The average Bonchev–Trinajstić information content (AvgIpc) is 2.53. The number of anilines is 1. The van der Waals surface area contributed by atoms with E-state index in [2.05, 4.69) is 48.0 Å². The number of hydrogen-bond donors (Lipinski definition) is 1. The molecule has 0 aliphatic carbocycles. The van der Waals surface area contributed by atoms with Crippen LogP contribution in [0.4, 0.5) is 5.82 Å². The Morgan fingerprint density at radius 2 is 1.92 bits per heavy atom. The molecule has 0 radical (unpaired) electrons. The summed E-state index contributed by atoms with van der Waals surface area (Å²) >= 11 is 0. The van der Waals surface area contributed by atoms with Gasteiger partial charge in [-0.05, 0) is 51.2 Å². The highest BCUT2D eigenvalue weighted by molar-refractivity contribution is 5.94. The number of rotatable bonds is 9. The van der Waals surface area contributed by atoms with Crippen molar-refractivity contribution in [3.63, 3.8) is 0 Å². The summed E-state index contributed by atoms with van der Waals surface area (Å²) in [7, 11) is 4.18. The lowest BCUT2D eigenvalue weighted by Crippen LogP contribution is -2.32. The zero-order chi connectivity index (χ0) is 18.3. The molecular weight excluding hydrogens is 300 g/mol. The Labute approximate surface area is 147 Å². The molecule has 0 aliphatic heterocycles. The molecule has 0 aliphatic rings. The van der Waals surface area contributed by atoms with Crippen LogP contribution >= 0.6 is 0 Å². The van der Waals surface area contributed by atoms with Crippen molar-refractivity contribution in [3.05, 3.63) is 23.4 Å². The van der Waals surface area contributed by atoms with Crippen molar-refractivity contribution >= 4 is 11.7 Å². The van der Waals surface area contributed by atoms with E-state index in [1.54, 1.807) is 0 Å². The topological polar surface area (TPSA) is 48.5 Å². The molecule has 0 saturated heterocycles. The molecule has 0 saturated carbocycles. The van der Waals surface area contributed by atoms with Crippen LogP contribution in [0.1, 0.15) is 45.2 Å². The van der Waals surface area contributed by atoms with E-state index in [9.17, 15) is 4.79 Å². The van der Waals surface area contributed by atoms with Crippen LogP contribution in [0.2, 0.25) is 0 Å². The Morgan fingerprint density at radius 1 is 1.25 bits per heavy atom. The van der Waals surface area contributed by atoms with Crippen LogP contribution < -0.4 is 5.32 Å². The van der Waals surface area contributed by atoms with Gasteiger partial charge >= 0.3 is 0 Å². The van der Waals surface area contributed by atoms with Gasteiger partial charge in [-0.25, -0.2) is 4.98 Å². The quantitative estimate of drug-likeness (QED) is 0.754. The van der Waals surface area contributed by atoms with Crippen LogP contribution in [0.25, 0.3) is 0 Å². The van der Waals surface area contributed by atoms with Crippen LogP contribution in [-0.2, 0) is 11.3 Å². The third-order valence-electron chi connectivity index (χ3n) is 4.66. The first-order valence-corrected chi connectivity index (χ1v) is 8.83. The van der Waals surface area contributed by atoms with Crippen LogP contribution in [-0.4, -0.2) is 54.4 Å². The molecule has 1 heterocycles. The minimum Gasteiger partial charge on any atom is -0.310 e. The summed E-state index contributed by atoms with van der Waals surface area (Å²) in [4.78, 5) is 21.3. The Kier molecular flexibility index (Phi) is 7.84. The number of carbonyl (C=O) groups excluding carboxylic acids is 1. The fraction of sp³-hybridized carbons (Fsp3) is 0.684. The van der Waals surface area contributed by atoms with Crippen molar-refractivity contribution in [3.8, 4) is 0 Å². The average molecular weight is 335 g/mol. The van der Waals surface area contributed by atoms with Crippen molar-refractivity contribution < 1.29 is 4.79 Å². The Hall–Kier alpha value is -1.46. The van der Waals surface area contributed by atoms with Gasteiger partial charge in [-0.2, -0.15) is 0 Å². The molecule has 1 aromatic rings. The Bertz CT molecular complexity index is 540. The monoisotopic (exact) mass is 334 g/mol. The maximum Gasteiger partial charge on any atom is 0.231 e. The second-order valence-corrected chi connectivity index (χ2v) is 7.36. The van der Waals surface area contributed by atoms with E-state index in [4.69, 9.17) is 0 Å². The molecule has 0 fully saturated rings. The van der Waals surface area contributed by atoms with Crippen LogP contribution in [0.5, 0.6) is 0 Å². The van der Waals surface area contributed by atoms with Crippen molar-refractivity contribution in [1.82, 2.24) is 14.8 Å². The van der Waals surface area contributed by atoms with E-state index in [1.165, 1.54) is 5.56 Å². The predicted molar refractivity (Wildman–Crippen MR) is 101 cm³/mol. The fourth-order valence-electron chi connectivity index (χ4n) is 2.18. The van der Waals surface area contributed by atoms with E-state index in [-0.39, 0.29) is 11.3 Å². The Morgan fingerprint density at radius 3 is 2.46 bits per heavy atom. The van der Waals surface area contributed by atoms with Gasteiger partial charge in [0.1, 0.15) is 5.82 Å². The number of amides is 1. The number of aromatic nitrogens is 1. The third kappa shape index (κ3) is 6.21. The van der Waals surface area contributed by atoms with Gasteiger partial charge in [-0.15, -0.1) is 0 Å². The number of nitrogens with zero attached hydrogens (tertiary/aromatic N) is 3. The zero-order valence-electron chi connectivity index (χ0n) is 16.4. The van der Waals surface area contributed by atoms with Gasteiger partial charge in [0.25, 0.3) is 0 Å². The molecule has 0 aromatic carbocycles. The number of likely N-dealkylation sites (N-methyl/N-ethyl adjacent to an activating group) is 2. The van der Waals surface area contributed by atoms with Gasteiger partial charge in [-0.3, -0.25) is 9.69 Å². The summed E-state index contributed by atoms with van der Waals surface area (Å²) in [5.41, 5.74) is 2.00. The first-order chi connectivity index (χ1) is 11.2. The molecule has 1 N–H and O–H groups in total. The summed E-state index contributed by atoms with van der Waals surface area (Å²) in [6.45, 7) is 14.1. The molecular formula is C19H34N4O. The number of carbonyl (C=O) groups is 1. The van der Waals surface area contributed by atoms with E-state index >= 15 is 0 Å². The number of pyridine rings is 1. The smallest absolute Gasteiger partial charge is 0.231 e. The summed E-state index contributed by atoms with van der Waals surface area (Å²) in [5.74, 6) is 0.665. The van der Waals surface area contributed by atoms with E-state index in [0.717, 1.165) is 38.2 Å². The second kappa shape index (κ2) is 9.14. The molecule has 1 aromatic heterocycles. The number of hydrogen-bond acceptors (Lipinski definition) is 4. The van der Waals surface area contributed by atoms with Gasteiger partial charge < -0.3 is 10.2 Å². The third-order valence-corrected chi connectivity index (χ3v) is 4.66. The van der Waals surface area contributed by atoms with Crippen LogP contribution in [0, 0.1) is 12.3 Å². The minimum absolute atomic E-state index is 0.0206. The highest BCUT2D eigenvalue weighted by Gasteiger charge is 2.25. The van der Waals surface area contributed by atoms with E-state index in [0.29, 0.717) is 5.82 Å². The van der Waals surface area contributed by atoms with Gasteiger partial charge in [0.15, 0.2) is 0 Å². The van der Waals surface area contributed by atoms with E-state index < -0.39 is 0 Å². The van der Waals surface area contributed by atoms with Crippen molar-refractivity contribution in [2.75, 3.05) is 39.0 Å².